The van der Waals surface area contributed by atoms with Gasteiger partial charge in [0.2, 0.25) is 0 Å². The van der Waals surface area contributed by atoms with Gasteiger partial charge in [-0.2, -0.15) is 0 Å². The van der Waals surface area contributed by atoms with Crippen LogP contribution in [0.4, 0.5) is 18.9 Å². The number of thiazole rings is 1. The first kappa shape index (κ1) is 28.1. The summed E-state index contributed by atoms with van der Waals surface area (Å²) >= 11 is 1.49. The smallest absolute Gasteiger partial charge is 0.258 e. The van der Waals surface area contributed by atoms with E-state index >= 15 is 0 Å². The molecule has 2 N–H and O–H groups in total. The van der Waals surface area contributed by atoms with Crippen molar-refractivity contribution in [1.29, 1.82) is 0 Å². The summed E-state index contributed by atoms with van der Waals surface area (Å²) in [6, 6.07) is 5.92. The number of halogens is 3. The number of fused-ring (bicyclic) bond motifs is 1. The van der Waals surface area contributed by atoms with Crippen molar-refractivity contribution in [2.75, 3.05) is 25.7 Å². The molecule has 3 heterocycles. The van der Waals surface area contributed by atoms with Crippen molar-refractivity contribution in [3.8, 4) is 11.3 Å². The highest BCUT2D eigenvalue weighted by Crippen LogP contribution is 2.36. The number of hydrogen-bond donors (Lipinski definition) is 2. The lowest BCUT2D eigenvalue weighted by molar-refractivity contribution is -0.206. The summed E-state index contributed by atoms with van der Waals surface area (Å²) in [4.78, 5) is 19.6. The zero-order chi connectivity index (χ0) is 28.7. The fraction of sp³-hybridized carbons (Fsp3) is 0.385. The number of likely N-dealkylation sites (N-methyl/N-ethyl adjacent to an activating group) is 1. The number of aliphatic hydroxyl groups is 2. The number of rotatable bonds is 7. The zero-order valence-electron chi connectivity index (χ0n) is 21.7. The van der Waals surface area contributed by atoms with Crippen LogP contribution in [0.25, 0.3) is 21.5 Å². The van der Waals surface area contributed by atoms with Crippen LogP contribution in [0.1, 0.15) is 17.5 Å². The van der Waals surface area contributed by atoms with Gasteiger partial charge in [0.15, 0.2) is 23.6 Å². The predicted octanol–water partition coefficient (Wildman–Crippen LogP) is 3.01. The molecule has 10 nitrogen and oxygen atoms in total. The Bertz CT molecular complexity index is 1530. The van der Waals surface area contributed by atoms with E-state index < -0.39 is 53.8 Å². The molecule has 4 aromatic rings. The van der Waals surface area contributed by atoms with E-state index in [9.17, 15) is 28.2 Å². The normalized spacial score (nSPS) is 23.1. The van der Waals surface area contributed by atoms with E-state index in [0.717, 1.165) is 27.4 Å². The van der Waals surface area contributed by atoms with Crippen molar-refractivity contribution >= 4 is 33.1 Å². The molecule has 2 aromatic heterocycles. The minimum absolute atomic E-state index is 0.00167. The van der Waals surface area contributed by atoms with Gasteiger partial charge in [0.1, 0.15) is 23.9 Å². The van der Waals surface area contributed by atoms with Crippen molar-refractivity contribution in [2.45, 2.75) is 43.8 Å². The third-order valence-electron chi connectivity index (χ3n) is 6.91. The molecule has 0 unspecified atom stereocenters. The molecule has 1 aliphatic heterocycles. The van der Waals surface area contributed by atoms with Crippen LogP contribution in [0.15, 0.2) is 36.5 Å². The maximum Gasteiger partial charge on any atom is 0.258 e. The van der Waals surface area contributed by atoms with Crippen LogP contribution in [0.2, 0.25) is 0 Å². The number of carbonyl (C=O) groups is 1. The molecular formula is C26H26F3N5O5S. The first-order chi connectivity index (χ1) is 19.1. The quantitative estimate of drug-likeness (QED) is 0.322. The van der Waals surface area contributed by atoms with Gasteiger partial charge >= 0.3 is 0 Å². The van der Waals surface area contributed by atoms with Crippen molar-refractivity contribution in [3.63, 3.8) is 0 Å². The number of carbonyl (C=O) groups excluding carboxylic acids is 1. The van der Waals surface area contributed by atoms with E-state index in [-0.39, 0.29) is 24.3 Å². The highest BCUT2D eigenvalue weighted by Gasteiger charge is 2.50. The first-order valence-electron chi connectivity index (χ1n) is 12.3. The molecule has 0 radical (unpaired) electrons. The number of aromatic nitrogens is 4. The van der Waals surface area contributed by atoms with Crippen molar-refractivity contribution in [2.24, 2.45) is 0 Å². The molecule has 40 heavy (non-hydrogen) atoms. The van der Waals surface area contributed by atoms with Crippen molar-refractivity contribution in [1.82, 2.24) is 20.0 Å². The molecule has 5 atom stereocenters. The van der Waals surface area contributed by atoms with E-state index in [1.54, 1.807) is 13.1 Å². The molecule has 212 valence electrons. The second kappa shape index (κ2) is 11.2. The third kappa shape index (κ3) is 5.08. The van der Waals surface area contributed by atoms with Gasteiger partial charge in [0.25, 0.3) is 5.91 Å². The van der Waals surface area contributed by atoms with Crippen molar-refractivity contribution in [3.05, 3.63) is 59.0 Å². The summed E-state index contributed by atoms with van der Waals surface area (Å²) in [6.45, 7) is 1.56. The molecule has 5 rings (SSSR count). The lowest BCUT2D eigenvalue weighted by atomic mass is 9.90. The van der Waals surface area contributed by atoms with Gasteiger partial charge in [0, 0.05) is 32.0 Å². The van der Waals surface area contributed by atoms with Crippen LogP contribution in [0.3, 0.4) is 0 Å². The zero-order valence-corrected chi connectivity index (χ0v) is 22.5. The van der Waals surface area contributed by atoms with Crippen LogP contribution >= 0.6 is 11.3 Å². The molecule has 1 aliphatic rings. The van der Waals surface area contributed by atoms with E-state index in [2.05, 4.69) is 15.3 Å². The summed E-state index contributed by atoms with van der Waals surface area (Å²) in [5, 5.41) is 29.6. The highest BCUT2D eigenvalue weighted by atomic mass is 32.1. The average molecular weight is 578 g/mol. The Hall–Kier alpha value is -3.43. The van der Waals surface area contributed by atoms with Crippen LogP contribution in [-0.2, 0) is 14.3 Å². The largest absolute Gasteiger partial charge is 0.396 e. The number of methoxy groups -OCH3 is 1. The standard InChI is InChI=1S/C26H26F3N5O5S/c1-12-30-17-5-4-14(10-20(17)40-12)33(2)26(37)25-24(38-3)22(23(36)19(39-25)6-7-35)34-11-18(31-32-34)13-8-15(27)21(29)16(28)9-13/h4-5,8-11,19,22-25,35-36H,6-7H2,1-3H3/t19-,22+,23+,24-,25-/m1/s1. The molecule has 0 bridgehead atoms. The van der Waals surface area contributed by atoms with E-state index in [4.69, 9.17) is 9.47 Å². The predicted molar refractivity (Wildman–Crippen MR) is 139 cm³/mol. The summed E-state index contributed by atoms with van der Waals surface area (Å²) < 4.78 is 54.9. The minimum Gasteiger partial charge on any atom is -0.396 e. The van der Waals surface area contributed by atoms with Gasteiger partial charge in [0.05, 0.1) is 27.5 Å². The Morgan fingerprint density at radius 2 is 1.95 bits per heavy atom. The fourth-order valence-corrected chi connectivity index (χ4v) is 5.75. The summed E-state index contributed by atoms with van der Waals surface area (Å²) in [7, 11) is 2.93. The van der Waals surface area contributed by atoms with Gasteiger partial charge < -0.3 is 24.6 Å². The molecule has 1 fully saturated rings. The van der Waals surface area contributed by atoms with Gasteiger partial charge in [-0.15, -0.1) is 16.4 Å². The Labute approximate surface area is 230 Å². The number of anilines is 1. The van der Waals surface area contributed by atoms with E-state index in [1.165, 1.54) is 34.2 Å². The Balaban J connectivity index is 1.48. The monoisotopic (exact) mass is 577 g/mol. The molecule has 2 aromatic carbocycles. The lowest BCUT2D eigenvalue weighted by Gasteiger charge is -2.44. The van der Waals surface area contributed by atoms with Gasteiger partial charge in [-0.1, -0.05) is 5.21 Å². The number of aryl methyl sites for hydroxylation is 1. The third-order valence-corrected chi connectivity index (χ3v) is 7.84. The number of hydrogen-bond acceptors (Lipinski definition) is 9. The maximum atomic E-state index is 13.8. The number of amides is 1. The summed E-state index contributed by atoms with van der Waals surface area (Å²) in [5.74, 6) is -4.88. The Morgan fingerprint density at radius 3 is 2.62 bits per heavy atom. The van der Waals surface area contributed by atoms with E-state index in [0.29, 0.717) is 5.69 Å². The Kier molecular flexibility index (Phi) is 7.88. The van der Waals surface area contributed by atoms with Crippen LogP contribution in [0.5, 0.6) is 0 Å². The SMILES string of the molecule is CO[C@@H]1[C@@H](n2cc(-c3cc(F)c(F)c(F)c3)nn2)[C@@H](O)[C@@H](CCO)O[C@H]1C(=O)N(C)c1ccc2nc(C)sc2c1. The molecule has 0 spiro atoms. The minimum atomic E-state index is -1.61. The molecule has 0 aliphatic carbocycles. The molecule has 14 heteroatoms. The number of nitrogens with zero attached hydrogens (tertiary/aromatic N) is 5. The van der Waals surface area contributed by atoms with E-state index in [1.807, 2.05) is 19.1 Å². The van der Waals surface area contributed by atoms with Crippen molar-refractivity contribution < 1.29 is 37.7 Å². The van der Waals surface area contributed by atoms with Crippen LogP contribution < -0.4 is 4.90 Å². The average Bonchev–Trinajstić information content (AvgIpc) is 3.57. The number of benzene rings is 2. The number of aliphatic hydroxyl groups excluding tert-OH is 2. The topological polar surface area (TPSA) is 123 Å². The molecule has 1 saturated heterocycles. The first-order valence-corrected chi connectivity index (χ1v) is 13.1. The second-order valence-corrected chi connectivity index (χ2v) is 10.6. The lowest BCUT2D eigenvalue weighted by Crippen LogP contribution is -2.60. The van der Waals surface area contributed by atoms with Gasteiger partial charge in [-0.25, -0.2) is 22.8 Å². The summed E-state index contributed by atoms with van der Waals surface area (Å²) in [5.41, 5.74) is 1.32. The van der Waals surface area contributed by atoms with Gasteiger partial charge in [-0.05, 0) is 43.7 Å². The maximum absolute atomic E-state index is 13.8. The van der Waals surface area contributed by atoms with Gasteiger partial charge in [-0.3, -0.25) is 4.79 Å². The second-order valence-electron chi connectivity index (χ2n) is 9.41. The van der Waals surface area contributed by atoms with Crippen LogP contribution in [-0.4, -0.2) is 81.3 Å². The summed E-state index contributed by atoms with van der Waals surface area (Å²) in [6.07, 6.45) is -3.29. The Morgan fingerprint density at radius 1 is 1.23 bits per heavy atom. The highest BCUT2D eigenvalue weighted by molar-refractivity contribution is 7.18. The molecule has 1 amide bonds. The molecular weight excluding hydrogens is 551 g/mol. The molecule has 0 saturated carbocycles. The number of ether oxygens (including phenoxy) is 2. The van der Waals surface area contributed by atoms with Crippen LogP contribution in [0, 0.1) is 24.4 Å². The fourth-order valence-electron chi connectivity index (χ4n) is 4.89.